The minimum atomic E-state index is -4.13. The third-order valence-corrected chi connectivity index (χ3v) is 5.66. The van der Waals surface area contributed by atoms with Crippen LogP contribution in [0.15, 0.2) is 53.9 Å². The smallest absolute Gasteiger partial charge is 0.255 e. The average Bonchev–Trinajstić information content (AvgIpc) is 3.13. The van der Waals surface area contributed by atoms with Crippen LogP contribution >= 0.6 is 0 Å². The molecule has 0 saturated heterocycles. The SMILES string of the molecule is C=CCNS(=O)(=O)c1cc(C(=O)Nc2ccc(C)c(-n3nnnc3C)c2)ccc1F. The van der Waals surface area contributed by atoms with Crippen LogP contribution in [0.3, 0.4) is 0 Å². The van der Waals surface area contributed by atoms with Gasteiger partial charge in [-0.05, 0) is 60.2 Å². The number of hydrogen-bond acceptors (Lipinski definition) is 6. The van der Waals surface area contributed by atoms with Gasteiger partial charge in [0, 0.05) is 17.8 Å². The number of hydrogen-bond donors (Lipinski definition) is 2. The molecule has 9 nitrogen and oxygen atoms in total. The zero-order chi connectivity index (χ0) is 21.9. The number of benzene rings is 2. The van der Waals surface area contributed by atoms with Crippen molar-refractivity contribution in [2.75, 3.05) is 11.9 Å². The summed E-state index contributed by atoms with van der Waals surface area (Å²) in [7, 11) is -4.13. The molecule has 0 atom stereocenters. The van der Waals surface area contributed by atoms with Gasteiger partial charge in [0.05, 0.1) is 5.69 Å². The van der Waals surface area contributed by atoms with Gasteiger partial charge in [-0.25, -0.2) is 17.5 Å². The second-order valence-corrected chi connectivity index (χ2v) is 8.11. The Labute approximate surface area is 172 Å². The molecule has 0 saturated carbocycles. The lowest BCUT2D eigenvalue weighted by molar-refractivity contribution is 0.102. The van der Waals surface area contributed by atoms with Crippen molar-refractivity contribution in [3.8, 4) is 5.69 Å². The molecular weight excluding hydrogens is 411 g/mol. The first-order valence-electron chi connectivity index (χ1n) is 8.80. The first-order chi connectivity index (χ1) is 14.2. The summed E-state index contributed by atoms with van der Waals surface area (Å²) < 4.78 is 42.3. The Balaban J connectivity index is 1.89. The largest absolute Gasteiger partial charge is 0.322 e. The number of amides is 1. The molecule has 0 fully saturated rings. The second-order valence-electron chi connectivity index (χ2n) is 6.38. The monoisotopic (exact) mass is 430 g/mol. The molecule has 3 aromatic rings. The van der Waals surface area contributed by atoms with E-state index in [1.54, 1.807) is 25.1 Å². The highest BCUT2D eigenvalue weighted by Crippen LogP contribution is 2.21. The highest BCUT2D eigenvalue weighted by atomic mass is 32.2. The first kappa shape index (κ1) is 21.3. The number of tetrazole rings is 1. The van der Waals surface area contributed by atoms with E-state index in [2.05, 4.69) is 32.1 Å². The van der Waals surface area contributed by atoms with Crippen molar-refractivity contribution in [1.82, 2.24) is 24.9 Å². The fourth-order valence-electron chi connectivity index (χ4n) is 2.67. The summed E-state index contributed by atoms with van der Waals surface area (Å²) in [5.74, 6) is -0.990. The number of rotatable bonds is 7. The number of nitrogens with one attached hydrogen (secondary N) is 2. The summed E-state index contributed by atoms with van der Waals surface area (Å²) in [4.78, 5) is 12.0. The fraction of sp³-hybridized carbons (Fsp3) is 0.158. The maximum absolute atomic E-state index is 14.1. The van der Waals surface area contributed by atoms with Gasteiger partial charge in [0.2, 0.25) is 10.0 Å². The van der Waals surface area contributed by atoms with Gasteiger partial charge in [-0.15, -0.1) is 11.7 Å². The summed E-state index contributed by atoms with van der Waals surface area (Å²) in [6.07, 6.45) is 1.33. The van der Waals surface area contributed by atoms with Crippen LogP contribution < -0.4 is 10.0 Å². The molecule has 2 N–H and O–H groups in total. The van der Waals surface area contributed by atoms with E-state index in [0.717, 1.165) is 17.7 Å². The van der Waals surface area contributed by atoms with Crippen LogP contribution in [0.1, 0.15) is 21.7 Å². The first-order valence-corrected chi connectivity index (χ1v) is 10.3. The predicted octanol–water partition coefficient (Wildman–Crippen LogP) is 2.13. The van der Waals surface area contributed by atoms with Gasteiger partial charge in [-0.1, -0.05) is 12.1 Å². The number of sulfonamides is 1. The van der Waals surface area contributed by atoms with E-state index in [1.807, 2.05) is 6.92 Å². The minimum Gasteiger partial charge on any atom is -0.322 e. The van der Waals surface area contributed by atoms with Crippen LogP contribution in [0.2, 0.25) is 0 Å². The quantitative estimate of drug-likeness (QED) is 0.555. The predicted molar refractivity (Wildman–Crippen MR) is 108 cm³/mol. The molecule has 0 radical (unpaired) electrons. The number of nitrogens with zero attached hydrogens (tertiary/aromatic N) is 4. The zero-order valence-electron chi connectivity index (χ0n) is 16.3. The topological polar surface area (TPSA) is 119 Å². The van der Waals surface area contributed by atoms with Gasteiger partial charge >= 0.3 is 0 Å². The van der Waals surface area contributed by atoms with Gasteiger partial charge < -0.3 is 5.32 Å². The van der Waals surface area contributed by atoms with Crippen molar-refractivity contribution in [2.45, 2.75) is 18.7 Å². The summed E-state index contributed by atoms with van der Waals surface area (Å²) in [6, 6.07) is 8.27. The number of aryl methyl sites for hydroxylation is 2. The van der Waals surface area contributed by atoms with Crippen molar-refractivity contribution in [3.63, 3.8) is 0 Å². The van der Waals surface area contributed by atoms with Gasteiger partial charge in [-0.3, -0.25) is 4.79 Å². The van der Waals surface area contributed by atoms with E-state index >= 15 is 0 Å². The van der Waals surface area contributed by atoms with Gasteiger partial charge in [-0.2, -0.15) is 4.68 Å². The maximum Gasteiger partial charge on any atom is 0.255 e. The molecule has 0 aliphatic rings. The van der Waals surface area contributed by atoms with E-state index in [0.29, 0.717) is 17.2 Å². The molecule has 11 heteroatoms. The van der Waals surface area contributed by atoms with Crippen LogP contribution in [-0.4, -0.2) is 41.1 Å². The molecule has 0 aliphatic heterocycles. The Morgan fingerprint density at radius 2 is 2.00 bits per heavy atom. The van der Waals surface area contributed by atoms with E-state index in [9.17, 15) is 17.6 Å². The van der Waals surface area contributed by atoms with E-state index in [1.165, 1.54) is 16.8 Å². The molecule has 3 rings (SSSR count). The van der Waals surface area contributed by atoms with Crippen molar-refractivity contribution in [2.24, 2.45) is 0 Å². The molecule has 30 heavy (non-hydrogen) atoms. The Hall–Kier alpha value is -3.44. The van der Waals surface area contributed by atoms with Crippen molar-refractivity contribution < 1.29 is 17.6 Å². The summed E-state index contributed by atoms with van der Waals surface area (Å²) >= 11 is 0. The zero-order valence-corrected chi connectivity index (χ0v) is 17.1. The normalized spacial score (nSPS) is 11.3. The lowest BCUT2D eigenvalue weighted by Crippen LogP contribution is -2.25. The van der Waals surface area contributed by atoms with Crippen LogP contribution in [0.25, 0.3) is 5.69 Å². The Morgan fingerprint density at radius 1 is 1.23 bits per heavy atom. The van der Waals surface area contributed by atoms with Crippen LogP contribution in [0, 0.1) is 19.7 Å². The molecule has 0 bridgehead atoms. The molecule has 0 unspecified atom stereocenters. The molecular formula is C19H19FN6O3S. The second kappa shape index (κ2) is 8.51. The van der Waals surface area contributed by atoms with Crippen LogP contribution in [0.5, 0.6) is 0 Å². The average molecular weight is 430 g/mol. The number of carbonyl (C=O) groups excluding carboxylic acids is 1. The lowest BCUT2D eigenvalue weighted by atomic mass is 10.1. The minimum absolute atomic E-state index is 0.0175. The third-order valence-electron chi connectivity index (χ3n) is 4.22. The maximum atomic E-state index is 14.1. The number of carbonyl (C=O) groups is 1. The molecule has 156 valence electrons. The van der Waals surface area contributed by atoms with Crippen LogP contribution in [-0.2, 0) is 10.0 Å². The molecule has 1 aromatic heterocycles. The number of anilines is 1. The van der Waals surface area contributed by atoms with Crippen LogP contribution in [0.4, 0.5) is 10.1 Å². The highest BCUT2D eigenvalue weighted by molar-refractivity contribution is 7.89. The van der Waals surface area contributed by atoms with Crippen molar-refractivity contribution in [3.05, 3.63) is 71.8 Å². The molecule has 1 amide bonds. The Morgan fingerprint density at radius 3 is 2.67 bits per heavy atom. The van der Waals surface area contributed by atoms with E-state index in [-0.39, 0.29) is 12.1 Å². The van der Waals surface area contributed by atoms with E-state index in [4.69, 9.17) is 0 Å². The van der Waals surface area contributed by atoms with Crippen molar-refractivity contribution in [1.29, 1.82) is 0 Å². The summed E-state index contributed by atoms with van der Waals surface area (Å²) in [5, 5.41) is 14.0. The van der Waals surface area contributed by atoms with Gasteiger partial charge in [0.25, 0.3) is 5.91 Å². The molecule has 1 heterocycles. The Bertz CT molecular complexity index is 1220. The van der Waals surface area contributed by atoms with Gasteiger partial charge in [0.1, 0.15) is 10.7 Å². The summed E-state index contributed by atoms with van der Waals surface area (Å²) in [6.45, 7) is 6.95. The number of halogens is 1. The lowest BCUT2D eigenvalue weighted by Gasteiger charge is -2.11. The number of aromatic nitrogens is 4. The molecule has 2 aromatic carbocycles. The standard InChI is InChI=1S/C19H19FN6O3S/c1-4-9-21-30(28,29)18-10-14(6-8-16(18)20)19(27)22-15-7-5-12(2)17(11-15)26-13(3)23-24-25-26/h4-8,10-11,21H,1,9H2,2-3H3,(H,22,27). The van der Waals surface area contributed by atoms with Gasteiger partial charge in [0.15, 0.2) is 5.82 Å². The fourth-order valence-corrected chi connectivity index (χ4v) is 3.77. The highest BCUT2D eigenvalue weighted by Gasteiger charge is 2.21. The third kappa shape index (κ3) is 4.42. The molecule has 0 spiro atoms. The summed E-state index contributed by atoms with van der Waals surface area (Å²) in [5.41, 5.74) is 1.98. The van der Waals surface area contributed by atoms with E-state index < -0.39 is 26.6 Å². The molecule has 0 aliphatic carbocycles. The Kier molecular flexibility index (Phi) is 6.04. The van der Waals surface area contributed by atoms with Crippen molar-refractivity contribution >= 4 is 21.6 Å².